The van der Waals surface area contributed by atoms with Crippen LogP contribution in [0.1, 0.15) is 19.4 Å². The molecular formula is C25H29ClN4OS. The van der Waals surface area contributed by atoms with E-state index in [0.717, 1.165) is 60.4 Å². The van der Waals surface area contributed by atoms with Crippen molar-refractivity contribution in [3.8, 4) is 11.3 Å². The predicted molar refractivity (Wildman–Crippen MR) is 134 cm³/mol. The SMILES string of the molecule is CCN1CCN(C(=O)[C@@H](C)N(c2cccc(C)c2)c2nc(-c3ccc(Cl)cc3)cs2)CC1. The lowest BCUT2D eigenvalue weighted by atomic mass is 10.1. The first-order valence-electron chi connectivity index (χ1n) is 11.0. The molecule has 1 atom stereocenters. The van der Waals surface area contributed by atoms with Crippen molar-refractivity contribution < 1.29 is 4.79 Å². The number of hydrogen-bond acceptors (Lipinski definition) is 5. The van der Waals surface area contributed by atoms with Crippen LogP contribution in [0, 0.1) is 6.92 Å². The van der Waals surface area contributed by atoms with Gasteiger partial charge in [0.15, 0.2) is 5.13 Å². The highest BCUT2D eigenvalue weighted by molar-refractivity contribution is 7.14. The molecule has 0 radical (unpaired) electrons. The smallest absolute Gasteiger partial charge is 0.245 e. The van der Waals surface area contributed by atoms with E-state index in [9.17, 15) is 4.79 Å². The second kappa shape index (κ2) is 10.0. The molecular weight excluding hydrogens is 440 g/mol. The first-order valence-corrected chi connectivity index (χ1v) is 12.3. The summed E-state index contributed by atoms with van der Waals surface area (Å²) < 4.78 is 0. The number of benzene rings is 2. The third-order valence-electron chi connectivity index (χ3n) is 5.99. The van der Waals surface area contributed by atoms with Crippen molar-refractivity contribution >= 4 is 39.7 Å². The number of piperazine rings is 1. The largest absolute Gasteiger partial charge is 0.338 e. The minimum Gasteiger partial charge on any atom is -0.338 e. The van der Waals surface area contributed by atoms with Gasteiger partial charge < -0.3 is 14.7 Å². The lowest BCUT2D eigenvalue weighted by Crippen LogP contribution is -2.53. The topological polar surface area (TPSA) is 39.7 Å². The number of aryl methyl sites for hydroxylation is 1. The van der Waals surface area contributed by atoms with Gasteiger partial charge >= 0.3 is 0 Å². The number of likely N-dealkylation sites (N-methyl/N-ethyl adjacent to an activating group) is 1. The molecule has 1 aliphatic rings. The zero-order chi connectivity index (χ0) is 22.7. The maximum atomic E-state index is 13.5. The Morgan fingerprint density at radius 1 is 1.16 bits per heavy atom. The molecule has 1 aromatic heterocycles. The van der Waals surface area contributed by atoms with Crippen molar-refractivity contribution in [3.05, 3.63) is 64.5 Å². The Kier molecular flexibility index (Phi) is 7.13. The molecule has 0 spiro atoms. The van der Waals surface area contributed by atoms with Gasteiger partial charge in [-0.15, -0.1) is 11.3 Å². The molecule has 2 heterocycles. The van der Waals surface area contributed by atoms with E-state index in [1.165, 1.54) is 0 Å². The van der Waals surface area contributed by atoms with Crippen LogP contribution in [0.3, 0.4) is 0 Å². The van der Waals surface area contributed by atoms with Gasteiger partial charge in [-0.25, -0.2) is 4.98 Å². The Hall–Kier alpha value is -2.41. The number of amides is 1. The third kappa shape index (κ3) is 4.98. The van der Waals surface area contributed by atoms with Gasteiger partial charge in [-0.1, -0.05) is 42.8 Å². The zero-order valence-electron chi connectivity index (χ0n) is 18.8. The average Bonchev–Trinajstić information content (AvgIpc) is 3.29. The first kappa shape index (κ1) is 22.8. The van der Waals surface area contributed by atoms with Gasteiger partial charge in [0.2, 0.25) is 5.91 Å². The van der Waals surface area contributed by atoms with Crippen molar-refractivity contribution in [2.24, 2.45) is 0 Å². The summed E-state index contributed by atoms with van der Waals surface area (Å²) in [6.45, 7) is 10.6. The third-order valence-corrected chi connectivity index (χ3v) is 7.09. The molecule has 4 rings (SSSR count). The van der Waals surface area contributed by atoms with Crippen LogP contribution in [0.4, 0.5) is 10.8 Å². The fourth-order valence-corrected chi connectivity index (χ4v) is 5.12. The second-order valence-electron chi connectivity index (χ2n) is 8.17. The van der Waals surface area contributed by atoms with Gasteiger partial charge in [0.05, 0.1) is 5.69 Å². The molecule has 168 valence electrons. The van der Waals surface area contributed by atoms with E-state index < -0.39 is 0 Å². The van der Waals surface area contributed by atoms with Crippen LogP contribution in [0.15, 0.2) is 53.9 Å². The van der Waals surface area contributed by atoms with E-state index in [1.807, 2.05) is 47.5 Å². The monoisotopic (exact) mass is 468 g/mol. The van der Waals surface area contributed by atoms with Crippen LogP contribution >= 0.6 is 22.9 Å². The molecule has 2 aromatic carbocycles. The minimum absolute atomic E-state index is 0.144. The number of carbonyl (C=O) groups excluding carboxylic acids is 1. The van der Waals surface area contributed by atoms with E-state index in [-0.39, 0.29) is 11.9 Å². The molecule has 1 aliphatic heterocycles. The Labute approximate surface area is 199 Å². The molecule has 3 aromatic rings. The molecule has 32 heavy (non-hydrogen) atoms. The minimum atomic E-state index is -0.353. The van der Waals surface area contributed by atoms with Gasteiger partial charge in [-0.2, -0.15) is 0 Å². The summed E-state index contributed by atoms with van der Waals surface area (Å²) in [5.41, 5.74) is 4.03. The highest BCUT2D eigenvalue weighted by Crippen LogP contribution is 2.35. The molecule has 0 N–H and O–H groups in total. The van der Waals surface area contributed by atoms with Gasteiger partial charge in [-0.3, -0.25) is 4.79 Å². The lowest BCUT2D eigenvalue weighted by Gasteiger charge is -2.37. The molecule has 0 aliphatic carbocycles. The highest BCUT2D eigenvalue weighted by Gasteiger charge is 2.31. The van der Waals surface area contributed by atoms with Crippen LogP contribution in [0.25, 0.3) is 11.3 Å². The fraction of sp³-hybridized carbons (Fsp3) is 0.360. The maximum Gasteiger partial charge on any atom is 0.245 e. The van der Waals surface area contributed by atoms with Crippen LogP contribution < -0.4 is 4.90 Å². The summed E-state index contributed by atoms with van der Waals surface area (Å²) in [4.78, 5) is 24.9. The van der Waals surface area contributed by atoms with E-state index in [1.54, 1.807) is 11.3 Å². The van der Waals surface area contributed by atoms with Crippen LogP contribution in [-0.4, -0.2) is 59.5 Å². The molecule has 5 nitrogen and oxygen atoms in total. The van der Waals surface area contributed by atoms with Gasteiger partial charge in [0.25, 0.3) is 0 Å². The molecule has 0 bridgehead atoms. The number of rotatable bonds is 6. The summed E-state index contributed by atoms with van der Waals surface area (Å²) in [6, 6.07) is 15.6. The lowest BCUT2D eigenvalue weighted by molar-refractivity contribution is -0.133. The number of anilines is 2. The summed E-state index contributed by atoms with van der Waals surface area (Å²) >= 11 is 7.60. The molecule has 0 unspecified atom stereocenters. The van der Waals surface area contributed by atoms with E-state index in [0.29, 0.717) is 5.02 Å². The van der Waals surface area contributed by atoms with E-state index in [4.69, 9.17) is 16.6 Å². The van der Waals surface area contributed by atoms with E-state index >= 15 is 0 Å². The van der Waals surface area contributed by atoms with Gasteiger partial charge in [-0.05, 0) is 50.2 Å². The Balaban J connectivity index is 1.64. The summed E-state index contributed by atoms with van der Waals surface area (Å²) in [7, 11) is 0. The predicted octanol–water partition coefficient (Wildman–Crippen LogP) is 5.46. The number of carbonyl (C=O) groups is 1. The Bertz CT molecular complexity index is 1060. The standard InChI is InChI=1S/C25H29ClN4OS/c1-4-28-12-14-29(15-13-28)24(31)19(3)30(22-7-5-6-18(2)16-22)25-27-23(17-32-25)20-8-10-21(26)11-9-20/h5-11,16-17,19H,4,12-15H2,1-3H3/t19-/m1/s1. The van der Waals surface area contributed by atoms with Crippen molar-refractivity contribution in [3.63, 3.8) is 0 Å². The molecule has 1 amide bonds. The van der Waals surface area contributed by atoms with Crippen LogP contribution in [0.2, 0.25) is 5.02 Å². The summed E-state index contributed by atoms with van der Waals surface area (Å²) in [5, 5.41) is 3.56. The average molecular weight is 469 g/mol. The summed E-state index contributed by atoms with van der Waals surface area (Å²) in [5.74, 6) is 0.144. The van der Waals surface area contributed by atoms with E-state index in [2.05, 4.69) is 41.8 Å². The van der Waals surface area contributed by atoms with Crippen LogP contribution in [0.5, 0.6) is 0 Å². The number of halogens is 1. The fourth-order valence-electron chi connectivity index (χ4n) is 4.06. The van der Waals surface area contributed by atoms with Crippen molar-refractivity contribution in [2.45, 2.75) is 26.8 Å². The molecule has 0 saturated carbocycles. The van der Waals surface area contributed by atoms with Crippen molar-refractivity contribution in [1.82, 2.24) is 14.8 Å². The number of hydrogen-bond donors (Lipinski definition) is 0. The number of aromatic nitrogens is 1. The normalized spacial score (nSPS) is 15.6. The quantitative estimate of drug-likeness (QED) is 0.481. The van der Waals surface area contributed by atoms with Gasteiger partial charge in [0.1, 0.15) is 6.04 Å². The molecule has 7 heteroatoms. The van der Waals surface area contributed by atoms with Crippen LogP contribution in [-0.2, 0) is 4.79 Å². The van der Waals surface area contributed by atoms with Gasteiger partial charge in [0, 0.05) is 47.8 Å². The molecule has 1 fully saturated rings. The second-order valence-corrected chi connectivity index (χ2v) is 9.44. The Morgan fingerprint density at radius 3 is 2.53 bits per heavy atom. The summed E-state index contributed by atoms with van der Waals surface area (Å²) in [6.07, 6.45) is 0. The Morgan fingerprint density at radius 2 is 1.88 bits per heavy atom. The zero-order valence-corrected chi connectivity index (χ0v) is 20.4. The molecule has 1 saturated heterocycles. The maximum absolute atomic E-state index is 13.5. The first-order chi connectivity index (χ1) is 15.5. The van der Waals surface area contributed by atoms with Crippen molar-refractivity contribution in [2.75, 3.05) is 37.6 Å². The number of thiazole rings is 1. The highest BCUT2D eigenvalue weighted by atomic mass is 35.5. The number of nitrogens with zero attached hydrogens (tertiary/aromatic N) is 4. The van der Waals surface area contributed by atoms with Crippen molar-refractivity contribution in [1.29, 1.82) is 0 Å².